The Morgan fingerprint density at radius 2 is 1.90 bits per heavy atom. The van der Waals surface area contributed by atoms with Crippen LogP contribution in [0.25, 0.3) is 23.2 Å². The van der Waals surface area contributed by atoms with Gasteiger partial charge in [0.1, 0.15) is 12.4 Å². The van der Waals surface area contributed by atoms with E-state index in [2.05, 4.69) is 46.8 Å². The van der Waals surface area contributed by atoms with Crippen LogP contribution < -0.4 is 10.6 Å². The van der Waals surface area contributed by atoms with Crippen molar-refractivity contribution < 1.29 is 9.59 Å². The van der Waals surface area contributed by atoms with E-state index in [9.17, 15) is 9.59 Å². The van der Waals surface area contributed by atoms with Crippen molar-refractivity contribution in [2.24, 2.45) is 0 Å². The quantitative estimate of drug-likeness (QED) is 0.241. The number of carbonyl (C=O) groups is 2. The summed E-state index contributed by atoms with van der Waals surface area (Å²) in [6, 6.07) is 20.8. The van der Waals surface area contributed by atoms with E-state index in [1.54, 1.807) is 42.5 Å². The normalized spacial score (nSPS) is 11.8. The van der Waals surface area contributed by atoms with Crippen molar-refractivity contribution in [2.45, 2.75) is 12.5 Å². The van der Waals surface area contributed by atoms with Gasteiger partial charge in [-0.25, -0.2) is 5.10 Å². The highest BCUT2D eigenvalue weighted by Crippen LogP contribution is 2.21. The van der Waals surface area contributed by atoms with Gasteiger partial charge < -0.3 is 10.6 Å². The van der Waals surface area contributed by atoms with Crippen molar-refractivity contribution in [3.63, 3.8) is 0 Å². The number of amides is 2. The van der Waals surface area contributed by atoms with Gasteiger partial charge in [0.15, 0.2) is 5.82 Å². The lowest BCUT2D eigenvalue weighted by molar-refractivity contribution is -0.123. The molecular formula is C26H21ClN10O2. The largest absolute Gasteiger partial charge is 0.340 e. The summed E-state index contributed by atoms with van der Waals surface area (Å²) in [6.07, 6.45) is 4.65. The fourth-order valence-corrected chi connectivity index (χ4v) is 4.02. The van der Waals surface area contributed by atoms with Crippen molar-refractivity contribution in [2.75, 3.05) is 5.32 Å². The summed E-state index contributed by atoms with van der Waals surface area (Å²) in [5, 5.41) is 31.1. The molecule has 0 bridgehead atoms. The second kappa shape index (κ2) is 11.9. The first kappa shape index (κ1) is 25.4. The third-order valence-corrected chi connectivity index (χ3v) is 5.90. The Morgan fingerprint density at radius 3 is 2.67 bits per heavy atom. The molecule has 0 fully saturated rings. The standard InChI is InChI=1S/C26H21ClN10O2/c27-20-10-11-23(37-16-28-33-36-37)18(14-20)9-12-24(38)30-22(13-17-5-2-1-3-6-17)26(39)29-21-8-4-7-19(15-21)25-31-34-35-32-25/h1-12,14-16,22H,13H2,(H,29,39)(H,30,38)(H,31,32,34,35)/b12-9+/t22-/m0/s1. The van der Waals surface area contributed by atoms with Gasteiger partial charge in [-0.3, -0.25) is 9.59 Å². The molecule has 0 aliphatic rings. The predicted molar refractivity (Wildman–Crippen MR) is 144 cm³/mol. The lowest BCUT2D eigenvalue weighted by atomic mass is 10.0. The molecule has 5 aromatic rings. The number of hydrogen-bond acceptors (Lipinski definition) is 8. The summed E-state index contributed by atoms with van der Waals surface area (Å²) in [5.74, 6) is -0.381. The summed E-state index contributed by atoms with van der Waals surface area (Å²) in [5.41, 5.74) is 3.37. The molecule has 0 aliphatic heterocycles. The number of benzene rings is 3. The molecule has 0 saturated carbocycles. The first-order valence-electron chi connectivity index (χ1n) is 11.8. The number of hydrogen-bond donors (Lipinski definition) is 3. The van der Waals surface area contributed by atoms with E-state index in [0.29, 0.717) is 33.3 Å². The molecule has 3 N–H and O–H groups in total. The van der Waals surface area contributed by atoms with E-state index in [-0.39, 0.29) is 12.3 Å². The van der Waals surface area contributed by atoms with Crippen LogP contribution in [-0.2, 0) is 16.0 Å². The van der Waals surface area contributed by atoms with Crippen LogP contribution in [0.15, 0.2) is 85.2 Å². The van der Waals surface area contributed by atoms with Gasteiger partial charge in [-0.2, -0.15) is 4.68 Å². The molecule has 0 aliphatic carbocycles. The van der Waals surface area contributed by atoms with Crippen LogP contribution in [-0.4, -0.2) is 58.7 Å². The van der Waals surface area contributed by atoms with Gasteiger partial charge in [-0.15, -0.1) is 10.2 Å². The number of rotatable bonds is 9. The van der Waals surface area contributed by atoms with Gasteiger partial charge in [0.25, 0.3) is 0 Å². The molecule has 39 heavy (non-hydrogen) atoms. The number of H-pyrrole nitrogens is 1. The van der Waals surface area contributed by atoms with Gasteiger partial charge in [-0.05, 0) is 62.8 Å². The molecule has 2 heterocycles. The molecule has 0 spiro atoms. The van der Waals surface area contributed by atoms with Crippen LogP contribution in [0.4, 0.5) is 5.69 Å². The second-order valence-electron chi connectivity index (χ2n) is 8.36. The van der Waals surface area contributed by atoms with Crippen molar-refractivity contribution in [3.05, 3.63) is 101 Å². The molecule has 2 aromatic heterocycles. The Balaban J connectivity index is 1.34. The van der Waals surface area contributed by atoms with Crippen molar-refractivity contribution >= 4 is 35.2 Å². The number of aromatic amines is 1. The molecule has 13 heteroatoms. The number of nitrogens with zero attached hydrogens (tertiary/aromatic N) is 7. The summed E-state index contributed by atoms with van der Waals surface area (Å²) >= 11 is 6.17. The third kappa shape index (κ3) is 6.56. The highest BCUT2D eigenvalue weighted by Gasteiger charge is 2.21. The topological polar surface area (TPSA) is 156 Å². The fraction of sp³-hybridized carbons (Fsp3) is 0.0769. The van der Waals surface area contributed by atoms with Crippen LogP contribution in [0.1, 0.15) is 11.1 Å². The van der Waals surface area contributed by atoms with Crippen LogP contribution in [0, 0.1) is 0 Å². The van der Waals surface area contributed by atoms with Gasteiger partial charge in [0.2, 0.25) is 11.8 Å². The van der Waals surface area contributed by atoms with Crippen molar-refractivity contribution in [3.8, 4) is 17.1 Å². The van der Waals surface area contributed by atoms with Crippen LogP contribution in [0.2, 0.25) is 5.02 Å². The maximum atomic E-state index is 13.3. The molecular weight excluding hydrogens is 520 g/mol. The van der Waals surface area contributed by atoms with E-state index in [4.69, 9.17) is 11.6 Å². The third-order valence-electron chi connectivity index (χ3n) is 5.66. The van der Waals surface area contributed by atoms with Gasteiger partial charge in [0, 0.05) is 34.3 Å². The number of nitrogens with one attached hydrogen (secondary N) is 3. The van der Waals surface area contributed by atoms with E-state index >= 15 is 0 Å². The first-order chi connectivity index (χ1) is 19.0. The van der Waals surface area contributed by atoms with E-state index in [1.165, 1.54) is 17.1 Å². The molecule has 3 aromatic carbocycles. The lowest BCUT2D eigenvalue weighted by Gasteiger charge is -2.18. The molecule has 0 unspecified atom stereocenters. The Morgan fingerprint density at radius 1 is 1.03 bits per heavy atom. The zero-order chi connectivity index (χ0) is 27.0. The van der Waals surface area contributed by atoms with Crippen molar-refractivity contribution in [1.82, 2.24) is 46.1 Å². The Hall–Kier alpha value is -5.23. The summed E-state index contributed by atoms with van der Waals surface area (Å²) in [7, 11) is 0. The lowest BCUT2D eigenvalue weighted by Crippen LogP contribution is -2.44. The average Bonchev–Trinajstić information content (AvgIpc) is 3.68. The number of carbonyl (C=O) groups excluding carboxylic acids is 2. The maximum absolute atomic E-state index is 13.3. The average molecular weight is 541 g/mol. The van der Waals surface area contributed by atoms with Gasteiger partial charge in [-0.1, -0.05) is 54.1 Å². The van der Waals surface area contributed by atoms with E-state index < -0.39 is 11.9 Å². The minimum absolute atomic E-state index is 0.283. The summed E-state index contributed by atoms with van der Waals surface area (Å²) in [6.45, 7) is 0. The molecule has 0 saturated heterocycles. The molecule has 194 valence electrons. The van der Waals surface area contributed by atoms with Crippen LogP contribution in [0.5, 0.6) is 0 Å². The molecule has 2 amide bonds. The summed E-state index contributed by atoms with van der Waals surface area (Å²) in [4.78, 5) is 26.3. The molecule has 0 radical (unpaired) electrons. The Kier molecular flexibility index (Phi) is 7.74. The zero-order valence-corrected chi connectivity index (χ0v) is 21.0. The predicted octanol–water partition coefficient (Wildman–Crippen LogP) is 2.88. The summed E-state index contributed by atoms with van der Waals surface area (Å²) < 4.78 is 1.46. The number of aromatic nitrogens is 8. The number of anilines is 1. The Labute approximate surface area is 227 Å². The highest BCUT2D eigenvalue weighted by atomic mass is 35.5. The maximum Gasteiger partial charge on any atom is 0.247 e. The zero-order valence-electron chi connectivity index (χ0n) is 20.3. The first-order valence-corrected chi connectivity index (χ1v) is 12.1. The minimum Gasteiger partial charge on any atom is -0.340 e. The van der Waals surface area contributed by atoms with Gasteiger partial charge >= 0.3 is 0 Å². The Bertz CT molecular complexity index is 1590. The van der Waals surface area contributed by atoms with Crippen LogP contribution >= 0.6 is 11.6 Å². The highest BCUT2D eigenvalue weighted by molar-refractivity contribution is 6.30. The van der Waals surface area contributed by atoms with Crippen LogP contribution in [0.3, 0.4) is 0 Å². The van der Waals surface area contributed by atoms with E-state index in [1.807, 2.05) is 36.4 Å². The number of halogens is 1. The van der Waals surface area contributed by atoms with Crippen molar-refractivity contribution in [1.29, 1.82) is 0 Å². The smallest absolute Gasteiger partial charge is 0.247 e. The molecule has 12 nitrogen and oxygen atoms in total. The van der Waals surface area contributed by atoms with E-state index in [0.717, 1.165) is 5.56 Å². The molecule has 1 atom stereocenters. The fourth-order valence-electron chi connectivity index (χ4n) is 3.84. The van der Waals surface area contributed by atoms with Gasteiger partial charge in [0.05, 0.1) is 5.69 Å². The minimum atomic E-state index is -0.863. The number of tetrazole rings is 2. The SMILES string of the molecule is O=C(/C=C/c1cc(Cl)ccc1-n1cnnn1)N[C@@H](Cc1ccccc1)C(=O)Nc1cccc(-c2nnn[nH]2)c1. The molecule has 5 rings (SSSR count). The monoisotopic (exact) mass is 540 g/mol. The second-order valence-corrected chi connectivity index (χ2v) is 8.80.